The van der Waals surface area contributed by atoms with Crippen molar-refractivity contribution < 1.29 is 29.7 Å². The van der Waals surface area contributed by atoms with Crippen LogP contribution in [0.2, 0.25) is 0 Å². The molecule has 0 aromatic heterocycles. The van der Waals surface area contributed by atoms with Crippen molar-refractivity contribution in [1.82, 2.24) is 0 Å². The average Bonchev–Trinajstić information content (AvgIpc) is 2.22. The second-order valence-electron chi connectivity index (χ2n) is 2.23. The molecule has 0 aliphatic heterocycles. The molecule has 2 N–H and O–H groups in total. The summed E-state index contributed by atoms with van der Waals surface area (Å²) in [5.74, 6) is 0.0338. The van der Waals surface area contributed by atoms with E-state index in [1.165, 1.54) is 18.2 Å². The molecule has 1 aromatic rings. The van der Waals surface area contributed by atoms with Crippen molar-refractivity contribution in [2.24, 2.45) is 0 Å². The van der Waals surface area contributed by atoms with E-state index >= 15 is 0 Å². The van der Waals surface area contributed by atoms with Gasteiger partial charge in [-0.1, -0.05) is 6.07 Å². The van der Waals surface area contributed by atoms with Gasteiger partial charge < -0.3 is 16.3 Å². The van der Waals surface area contributed by atoms with Gasteiger partial charge in [-0.05, 0) is 6.07 Å². The van der Waals surface area contributed by atoms with E-state index in [4.69, 9.17) is 14.1 Å². The summed E-state index contributed by atoms with van der Waals surface area (Å²) in [5.41, 5.74) is 0.498. The zero-order chi connectivity index (χ0) is 12.3. The first-order valence-electron chi connectivity index (χ1n) is 3.78. The third-order valence-corrected chi connectivity index (χ3v) is 1.17. The van der Waals surface area contributed by atoms with Crippen LogP contribution in [0.3, 0.4) is 0 Å². The minimum atomic E-state index is -0.00463. The molecule has 3 nitrogen and oxygen atoms in total. The Hall–Kier alpha value is -1.39. The van der Waals surface area contributed by atoms with Gasteiger partial charge in [0.05, 0.1) is 5.75 Å². The zero-order valence-electron chi connectivity index (χ0n) is 8.28. The number of rotatable bonds is 1. The van der Waals surface area contributed by atoms with Crippen molar-refractivity contribution in [3.8, 4) is 11.5 Å². The van der Waals surface area contributed by atoms with Gasteiger partial charge in [0.1, 0.15) is 0 Å². The molecule has 15 heavy (non-hydrogen) atoms. The molecule has 0 aliphatic rings. The fraction of sp³-hybridized carbons (Fsp3) is 0.0909. The van der Waals surface area contributed by atoms with Gasteiger partial charge in [0.25, 0.3) is 0 Å². The van der Waals surface area contributed by atoms with Gasteiger partial charge in [0.15, 0.2) is 0 Å². The van der Waals surface area contributed by atoms with Crippen LogP contribution in [0.1, 0.15) is 12.5 Å². The molecule has 0 atom stereocenters. The van der Waals surface area contributed by atoms with Crippen LogP contribution in [0.5, 0.6) is 11.5 Å². The Bertz CT molecular complexity index is 311. The van der Waals surface area contributed by atoms with Crippen molar-refractivity contribution in [2.75, 3.05) is 0 Å². The number of phenols is 2. The summed E-state index contributed by atoms with van der Waals surface area (Å²) >= 11 is 2.31. The Morgan fingerprint density at radius 1 is 1.27 bits per heavy atom. The maximum absolute atomic E-state index is 9.03. The van der Waals surface area contributed by atoms with E-state index in [-0.39, 0.29) is 11.5 Å². The summed E-state index contributed by atoms with van der Waals surface area (Å²) in [7, 11) is 0. The standard InChI is InChI=1S/C8H7O2.C3H5.Co.O/c1-2-6-3-4-7(9)5-8(6)10;1-3-2;;/h3-5,9-10H,1H2;1H2,2H3;;/q2*-1;;. The van der Waals surface area contributed by atoms with E-state index in [0.717, 1.165) is 0 Å². The third-order valence-electron chi connectivity index (χ3n) is 1.17. The van der Waals surface area contributed by atoms with Gasteiger partial charge in [-0.3, -0.25) is 6.58 Å². The Kier molecular flexibility index (Phi) is 11.4. The van der Waals surface area contributed by atoms with E-state index in [2.05, 4.69) is 41.0 Å². The fourth-order valence-corrected chi connectivity index (χ4v) is 0.670. The molecule has 0 saturated heterocycles. The van der Waals surface area contributed by atoms with Gasteiger partial charge in [-0.2, -0.15) is 31.2 Å². The van der Waals surface area contributed by atoms with Gasteiger partial charge >= 0.3 is 19.5 Å². The summed E-state index contributed by atoms with van der Waals surface area (Å²) in [4.78, 5) is 0. The molecule has 1 rings (SSSR count). The van der Waals surface area contributed by atoms with E-state index in [1.807, 2.05) is 0 Å². The molecule has 0 heterocycles. The molecule has 0 aliphatic carbocycles. The van der Waals surface area contributed by atoms with Crippen LogP contribution in [-0.2, 0) is 19.5 Å². The predicted octanol–water partition coefficient (Wildman–Crippen LogP) is 2.31. The second kappa shape index (κ2) is 10.7. The number of hydrogen-bond acceptors (Lipinski definition) is 3. The van der Waals surface area contributed by atoms with E-state index in [1.54, 1.807) is 6.92 Å². The zero-order valence-corrected chi connectivity index (χ0v) is 9.32. The molecule has 0 amide bonds. The molecule has 85 valence electrons. The molecule has 0 saturated carbocycles. The van der Waals surface area contributed by atoms with Gasteiger partial charge in [0, 0.05) is 5.75 Å². The van der Waals surface area contributed by atoms with Crippen molar-refractivity contribution in [3.05, 3.63) is 49.1 Å². The predicted molar refractivity (Wildman–Crippen MR) is 53.0 cm³/mol. The number of aromatic hydroxyl groups is 2. The van der Waals surface area contributed by atoms with Crippen molar-refractivity contribution >= 4 is 0 Å². The maximum atomic E-state index is 9.03. The normalized spacial score (nSPS) is 7.33. The molecular weight excluding hydrogens is 239 g/mol. The number of hydrogen-bond donors (Lipinski definition) is 2. The molecule has 1 aromatic carbocycles. The molecule has 0 bridgehead atoms. The Balaban J connectivity index is 0. The summed E-state index contributed by atoms with van der Waals surface area (Å²) in [6.45, 7) is 8.35. The van der Waals surface area contributed by atoms with E-state index in [0.29, 0.717) is 5.56 Å². The Morgan fingerprint density at radius 3 is 2.07 bits per heavy atom. The third kappa shape index (κ3) is 7.66. The molecule has 0 spiro atoms. The van der Waals surface area contributed by atoms with Gasteiger partial charge in [-0.15, -0.1) is 0 Å². The molecular formula is C11H12CoO3-2. The van der Waals surface area contributed by atoms with Crippen LogP contribution in [0.4, 0.5) is 0 Å². The SMILES string of the molecule is C=[C-]C.C=[C-]c1ccc(O)cc1O.[O]=[Co]. The molecule has 0 unspecified atom stereocenters. The van der Waals surface area contributed by atoms with Crippen molar-refractivity contribution in [2.45, 2.75) is 6.92 Å². The second-order valence-corrected chi connectivity index (χ2v) is 2.23. The first kappa shape index (κ1) is 16.1. The fourth-order valence-electron chi connectivity index (χ4n) is 0.670. The topological polar surface area (TPSA) is 57.5 Å². The van der Waals surface area contributed by atoms with Gasteiger partial charge in [0.2, 0.25) is 0 Å². The summed E-state index contributed by atoms with van der Waals surface area (Å²) in [6, 6.07) is 4.25. The average molecular weight is 251 g/mol. The number of benzene rings is 1. The van der Waals surface area contributed by atoms with Crippen LogP contribution >= 0.6 is 0 Å². The number of allylic oxidation sites excluding steroid dienone is 1. The minimum absolute atomic E-state index is 0.00463. The molecule has 0 radical (unpaired) electrons. The van der Waals surface area contributed by atoms with E-state index < -0.39 is 0 Å². The van der Waals surface area contributed by atoms with E-state index in [9.17, 15) is 0 Å². The van der Waals surface area contributed by atoms with Crippen LogP contribution in [0.25, 0.3) is 0 Å². The van der Waals surface area contributed by atoms with Gasteiger partial charge in [-0.25, -0.2) is 0 Å². The summed E-state index contributed by atoms with van der Waals surface area (Å²) in [6.07, 6.45) is 5.01. The quantitative estimate of drug-likeness (QED) is 0.753. The molecule has 4 heteroatoms. The van der Waals surface area contributed by atoms with Crippen molar-refractivity contribution in [1.29, 1.82) is 0 Å². The van der Waals surface area contributed by atoms with Crippen LogP contribution < -0.4 is 0 Å². The molecule has 0 fully saturated rings. The number of phenolic OH excluding ortho intramolecular Hbond substituents is 2. The van der Waals surface area contributed by atoms with Crippen LogP contribution in [-0.4, -0.2) is 10.2 Å². The van der Waals surface area contributed by atoms with Crippen LogP contribution in [0, 0.1) is 12.2 Å². The first-order chi connectivity index (χ1) is 7.15. The monoisotopic (exact) mass is 251 g/mol. The summed E-state index contributed by atoms with van der Waals surface area (Å²) < 4.78 is 7.94. The Morgan fingerprint density at radius 2 is 1.73 bits per heavy atom. The van der Waals surface area contributed by atoms with Crippen LogP contribution in [0.15, 0.2) is 31.4 Å². The Labute approximate surface area is 97.6 Å². The van der Waals surface area contributed by atoms with Crippen molar-refractivity contribution in [3.63, 3.8) is 0 Å². The summed E-state index contributed by atoms with van der Waals surface area (Å²) in [5, 5.41) is 17.9. The first-order valence-corrected chi connectivity index (χ1v) is 4.20.